The highest BCUT2D eigenvalue weighted by atomic mass is 19.1. The van der Waals surface area contributed by atoms with Crippen molar-refractivity contribution in [2.75, 3.05) is 20.6 Å². The van der Waals surface area contributed by atoms with E-state index in [1.54, 1.807) is 32.3 Å². The number of phenols is 1. The summed E-state index contributed by atoms with van der Waals surface area (Å²) in [4.78, 5) is 40.9. The molecule has 4 atom stereocenters. The molecule has 42 heavy (non-hydrogen) atoms. The van der Waals surface area contributed by atoms with Gasteiger partial charge in [0.2, 0.25) is 5.78 Å². The molecule has 0 unspecified atom stereocenters. The molecule has 0 saturated heterocycles. The minimum Gasteiger partial charge on any atom is -0.510 e. The zero-order valence-electron chi connectivity index (χ0n) is 23.8. The van der Waals surface area contributed by atoms with Crippen LogP contribution in [0.2, 0.25) is 0 Å². The van der Waals surface area contributed by atoms with E-state index in [9.17, 15) is 34.8 Å². The van der Waals surface area contributed by atoms with E-state index >= 15 is 4.39 Å². The van der Waals surface area contributed by atoms with Gasteiger partial charge in [0.15, 0.2) is 11.4 Å². The quantitative estimate of drug-likeness (QED) is 0.202. The average Bonchev–Trinajstić information content (AvgIpc) is 2.93. The first-order valence-corrected chi connectivity index (χ1v) is 14.2. The Hall–Kier alpha value is -3.80. The lowest BCUT2D eigenvalue weighted by atomic mass is 9.58. The predicted molar refractivity (Wildman–Crippen MR) is 152 cm³/mol. The molecule has 0 saturated carbocycles. The Balaban J connectivity index is 1.62. The number of carbonyl (C=O) groups excluding carboxylic acids is 3. The highest BCUT2D eigenvalue weighted by molar-refractivity contribution is 6.25. The Morgan fingerprint density at radius 1 is 1.17 bits per heavy atom. The number of aliphatic hydroxyl groups excluding tert-OH is 2. The number of aliphatic hydroxyl groups is 3. The zero-order valence-corrected chi connectivity index (χ0v) is 23.8. The number of allylic oxidation sites excluding steroid dienone is 1. The molecule has 0 aromatic heterocycles. The van der Waals surface area contributed by atoms with Gasteiger partial charge in [-0.1, -0.05) is 31.9 Å². The van der Waals surface area contributed by atoms with Gasteiger partial charge in [0.25, 0.3) is 5.91 Å². The molecule has 0 heterocycles. The van der Waals surface area contributed by atoms with Gasteiger partial charge in [-0.05, 0) is 57.5 Å². The van der Waals surface area contributed by atoms with Crippen LogP contribution in [0.15, 0.2) is 40.9 Å². The second kappa shape index (κ2) is 10.8. The molecule has 2 aromatic rings. The molecule has 11 heteroatoms. The number of nitrogens with zero attached hydrogens (tertiary/aromatic N) is 1. The topological polar surface area (TPSA) is 173 Å². The smallest absolute Gasteiger partial charge is 0.255 e. The van der Waals surface area contributed by atoms with Gasteiger partial charge >= 0.3 is 0 Å². The molecule has 224 valence electrons. The summed E-state index contributed by atoms with van der Waals surface area (Å²) in [7, 11) is 3.10. The van der Waals surface area contributed by atoms with Gasteiger partial charge in [0.05, 0.1) is 11.6 Å². The Morgan fingerprint density at radius 3 is 2.52 bits per heavy atom. The van der Waals surface area contributed by atoms with Crippen LogP contribution < -0.4 is 11.1 Å². The maximum Gasteiger partial charge on any atom is 0.255 e. The first-order chi connectivity index (χ1) is 19.9. The second-order valence-corrected chi connectivity index (χ2v) is 11.7. The van der Waals surface area contributed by atoms with Crippen LogP contribution in [0.4, 0.5) is 4.39 Å². The van der Waals surface area contributed by atoms with Crippen molar-refractivity contribution in [3.63, 3.8) is 0 Å². The molecule has 1 amide bonds. The third kappa shape index (κ3) is 4.29. The van der Waals surface area contributed by atoms with E-state index in [4.69, 9.17) is 5.73 Å². The van der Waals surface area contributed by atoms with Crippen LogP contribution in [-0.2, 0) is 22.6 Å². The Bertz CT molecular complexity index is 1580. The number of fused-ring (bicyclic) bond motifs is 4. The third-order valence-corrected chi connectivity index (χ3v) is 8.98. The van der Waals surface area contributed by atoms with E-state index in [0.29, 0.717) is 6.54 Å². The molecule has 0 radical (unpaired) electrons. The minimum absolute atomic E-state index is 0.0245. The number of unbranched alkanes of at least 4 members (excludes halogenated alkanes) is 2. The number of hydrogen-bond acceptors (Lipinski definition) is 9. The number of benzene rings is 2. The van der Waals surface area contributed by atoms with Crippen molar-refractivity contribution >= 4 is 28.2 Å². The monoisotopic (exact) mass is 581 g/mol. The van der Waals surface area contributed by atoms with E-state index in [1.807, 2.05) is 0 Å². The SMILES string of the molecule is CCCCCNCc1ccc2c(F)c3c(c(O)c2c1)C(=O)C1=C(O)[C@]2(O)C(=O)C(C(N)=O)=C(O)[C@@H](N(C)C)[C@@H]2C[C@@H]1C3. The average molecular weight is 582 g/mol. The van der Waals surface area contributed by atoms with Crippen LogP contribution in [0.1, 0.15) is 54.1 Å². The molecule has 3 aliphatic rings. The van der Waals surface area contributed by atoms with Crippen molar-refractivity contribution in [1.29, 1.82) is 0 Å². The molecule has 7 N–H and O–H groups in total. The van der Waals surface area contributed by atoms with Crippen molar-refractivity contribution in [2.45, 2.75) is 57.2 Å². The first-order valence-electron chi connectivity index (χ1n) is 14.2. The van der Waals surface area contributed by atoms with Gasteiger partial charge in [0.1, 0.15) is 28.7 Å². The molecular weight excluding hydrogens is 545 g/mol. The number of phenolic OH excluding ortho intramolecular Hbond substituents is 1. The van der Waals surface area contributed by atoms with Crippen molar-refractivity contribution in [3.8, 4) is 5.75 Å². The maximum atomic E-state index is 16.0. The molecule has 0 spiro atoms. The number of Topliss-reactive ketones (excluding diaryl/α,β-unsaturated/α-hetero) is 2. The maximum absolute atomic E-state index is 16.0. The van der Waals surface area contributed by atoms with Crippen LogP contribution in [0, 0.1) is 17.7 Å². The summed E-state index contributed by atoms with van der Waals surface area (Å²) in [5.74, 6) is -8.30. The lowest BCUT2D eigenvalue weighted by Gasteiger charge is -2.50. The lowest BCUT2D eigenvalue weighted by Crippen LogP contribution is -2.63. The molecule has 10 nitrogen and oxygen atoms in total. The van der Waals surface area contributed by atoms with Gasteiger partial charge in [-0.3, -0.25) is 19.3 Å². The summed E-state index contributed by atoms with van der Waals surface area (Å²) >= 11 is 0. The van der Waals surface area contributed by atoms with Gasteiger partial charge < -0.3 is 31.5 Å². The fourth-order valence-corrected chi connectivity index (χ4v) is 6.96. The first kappa shape index (κ1) is 29.7. The number of ketones is 2. The van der Waals surface area contributed by atoms with E-state index in [1.165, 1.54) is 4.90 Å². The van der Waals surface area contributed by atoms with Crippen molar-refractivity contribution in [1.82, 2.24) is 10.2 Å². The predicted octanol–water partition coefficient (Wildman–Crippen LogP) is 2.69. The number of amides is 1. The standard InChI is InChI=1S/C31H36FN3O7/c1-4-5-6-9-34-13-14-7-8-16-17(10-14)25(36)21-18(23(16)32)11-15-12-19-24(35(2)3)27(38)22(30(33)41)29(40)31(19,42)28(39)20(15)26(21)37/h7-8,10,15,19,24,34,36,38-39,42H,4-6,9,11-13H2,1-3H3,(H2,33,41)/t15-,19-,24-,31-/m0/s1. The number of nitrogens with two attached hydrogens (primary N) is 1. The van der Waals surface area contributed by atoms with Crippen LogP contribution in [0.25, 0.3) is 10.8 Å². The van der Waals surface area contributed by atoms with Crippen molar-refractivity contribution < 1.29 is 39.2 Å². The summed E-state index contributed by atoms with van der Waals surface area (Å²) in [6.45, 7) is 3.39. The zero-order chi connectivity index (χ0) is 30.7. The third-order valence-electron chi connectivity index (χ3n) is 8.98. The molecule has 2 aromatic carbocycles. The highest BCUT2D eigenvalue weighted by Gasteiger charge is 2.63. The molecule has 0 fully saturated rings. The largest absolute Gasteiger partial charge is 0.510 e. The fourth-order valence-electron chi connectivity index (χ4n) is 6.96. The number of hydrogen-bond donors (Lipinski definition) is 6. The number of likely N-dealkylation sites (N-methyl/N-ethyl adjacent to an activating group) is 1. The molecule has 3 aliphatic carbocycles. The van der Waals surface area contributed by atoms with E-state index < -0.39 is 69.6 Å². The van der Waals surface area contributed by atoms with Crippen molar-refractivity contribution in [2.24, 2.45) is 17.6 Å². The normalized spacial score (nSPS) is 25.6. The summed E-state index contributed by atoms with van der Waals surface area (Å²) in [6.07, 6.45) is 2.97. The molecule has 0 bridgehead atoms. The minimum atomic E-state index is -2.74. The highest BCUT2D eigenvalue weighted by Crippen LogP contribution is 2.53. The lowest BCUT2D eigenvalue weighted by molar-refractivity contribution is -0.148. The summed E-state index contributed by atoms with van der Waals surface area (Å²) < 4.78 is 16.0. The van der Waals surface area contributed by atoms with E-state index in [0.717, 1.165) is 31.4 Å². The fraction of sp³-hybridized carbons (Fsp3) is 0.452. The Morgan fingerprint density at radius 2 is 1.88 bits per heavy atom. The summed E-state index contributed by atoms with van der Waals surface area (Å²) in [6, 6.07) is 3.82. The number of halogens is 1. The van der Waals surface area contributed by atoms with Crippen LogP contribution in [0.3, 0.4) is 0 Å². The molecule has 0 aliphatic heterocycles. The van der Waals surface area contributed by atoms with Gasteiger partial charge in [-0.25, -0.2) is 4.39 Å². The molecule has 5 rings (SSSR count). The Kier molecular flexibility index (Phi) is 7.63. The number of primary amides is 1. The number of aromatic hydroxyl groups is 1. The summed E-state index contributed by atoms with van der Waals surface area (Å²) in [5.41, 5.74) is 1.83. The second-order valence-electron chi connectivity index (χ2n) is 11.7. The van der Waals surface area contributed by atoms with Gasteiger partial charge in [-0.15, -0.1) is 0 Å². The van der Waals surface area contributed by atoms with Gasteiger partial charge in [0, 0.05) is 34.4 Å². The van der Waals surface area contributed by atoms with Crippen molar-refractivity contribution in [3.05, 3.63) is 63.4 Å². The van der Waals surface area contributed by atoms with Crippen LogP contribution in [-0.4, -0.2) is 75.1 Å². The number of rotatable bonds is 8. The van der Waals surface area contributed by atoms with Crippen LogP contribution >= 0.6 is 0 Å². The molecular formula is C31H36FN3O7. The van der Waals surface area contributed by atoms with Gasteiger partial charge in [-0.2, -0.15) is 0 Å². The number of nitrogens with one attached hydrogen (secondary N) is 1. The summed E-state index contributed by atoms with van der Waals surface area (Å²) in [5, 5.41) is 48.9. The number of carbonyl (C=O) groups is 3. The van der Waals surface area contributed by atoms with E-state index in [-0.39, 0.29) is 40.3 Å². The van der Waals surface area contributed by atoms with Crippen LogP contribution in [0.5, 0.6) is 5.75 Å². The van der Waals surface area contributed by atoms with E-state index in [2.05, 4.69) is 12.2 Å². The Labute approximate surface area is 242 Å².